The summed E-state index contributed by atoms with van der Waals surface area (Å²) in [6.07, 6.45) is -5.75. The summed E-state index contributed by atoms with van der Waals surface area (Å²) in [4.78, 5) is 14.8. The fourth-order valence-electron chi connectivity index (χ4n) is 3.47. The Balaban J connectivity index is 1.82. The molecule has 0 saturated heterocycles. The second-order valence-electron chi connectivity index (χ2n) is 7.82. The molecule has 2 aromatic carbocycles. The van der Waals surface area contributed by atoms with Gasteiger partial charge in [-0.1, -0.05) is 35.9 Å². The van der Waals surface area contributed by atoms with Crippen LogP contribution in [0.1, 0.15) is 11.1 Å². The normalized spacial score (nSPS) is 15.5. The van der Waals surface area contributed by atoms with Crippen LogP contribution < -0.4 is 25.4 Å². The van der Waals surface area contributed by atoms with E-state index in [1.165, 1.54) is 18.2 Å². The van der Waals surface area contributed by atoms with Gasteiger partial charge in [-0.25, -0.2) is 0 Å². The van der Waals surface area contributed by atoms with E-state index in [1.54, 1.807) is 11.9 Å². The van der Waals surface area contributed by atoms with Gasteiger partial charge in [0.05, 0.1) is 19.8 Å². The summed E-state index contributed by atoms with van der Waals surface area (Å²) in [6, 6.07) is 12.9. The van der Waals surface area contributed by atoms with Crippen LogP contribution in [0.5, 0.6) is 11.5 Å². The first-order chi connectivity index (χ1) is 17.2. The number of aryl methyl sites for hydroxylation is 1. The smallest absolute Gasteiger partial charge is 0.452 e. The van der Waals surface area contributed by atoms with Crippen molar-refractivity contribution in [2.45, 2.75) is 26.2 Å². The lowest BCUT2D eigenvalue weighted by atomic mass is 10.1. The molecule has 0 bridgehead atoms. The molecule has 3 rings (SSSR count). The molecule has 0 spiro atoms. The van der Waals surface area contributed by atoms with Crippen LogP contribution in [0, 0.1) is 6.92 Å². The Bertz CT molecular complexity index is 1050. The number of amides is 1. The highest BCUT2D eigenvalue weighted by molar-refractivity contribution is 5.94. The summed E-state index contributed by atoms with van der Waals surface area (Å²) in [5, 5.41) is 17.6. The van der Waals surface area contributed by atoms with Gasteiger partial charge in [-0.05, 0) is 24.6 Å². The third kappa shape index (κ3) is 7.68. The van der Waals surface area contributed by atoms with E-state index in [-0.39, 0.29) is 44.4 Å². The molecule has 196 valence electrons. The Morgan fingerprint density at radius 1 is 1.14 bits per heavy atom. The van der Waals surface area contributed by atoms with E-state index in [2.05, 4.69) is 20.7 Å². The molecule has 2 aromatic rings. The van der Waals surface area contributed by atoms with Gasteiger partial charge in [-0.15, -0.1) is 13.2 Å². The number of hydrogen-bond donors (Lipinski definition) is 4. The molecule has 4 N–H and O–H groups in total. The predicted molar refractivity (Wildman–Crippen MR) is 124 cm³/mol. The Hall–Kier alpha value is -3.64. The average molecular weight is 511 g/mol. The Morgan fingerprint density at radius 3 is 2.53 bits per heavy atom. The number of rotatable bonds is 12. The maximum atomic E-state index is 13.1. The minimum absolute atomic E-state index is 0.109. The van der Waals surface area contributed by atoms with Gasteiger partial charge in [0, 0.05) is 26.2 Å². The largest absolute Gasteiger partial charge is 0.573 e. The number of nitrogens with one attached hydrogen (secondary N) is 3. The summed E-state index contributed by atoms with van der Waals surface area (Å²) in [5.41, 5.74) is 2.21. The van der Waals surface area contributed by atoms with Crippen LogP contribution in [0.2, 0.25) is 0 Å². The van der Waals surface area contributed by atoms with Crippen molar-refractivity contribution in [2.24, 2.45) is 0 Å². The van der Waals surface area contributed by atoms with Crippen LogP contribution >= 0.6 is 0 Å². The number of ether oxygens (including phenoxy) is 3. The molecule has 1 unspecified atom stereocenters. The minimum atomic E-state index is -4.84. The molecule has 1 atom stereocenters. The van der Waals surface area contributed by atoms with Crippen molar-refractivity contribution in [3.05, 3.63) is 71.2 Å². The minimum Gasteiger partial charge on any atom is -0.452 e. The summed E-state index contributed by atoms with van der Waals surface area (Å²) in [6.45, 7) is 2.69. The first-order valence-corrected chi connectivity index (χ1v) is 11.2. The number of nitrogens with zero attached hydrogens (tertiary/aromatic N) is 1. The van der Waals surface area contributed by atoms with Crippen LogP contribution in [-0.2, 0) is 16.1 Å². The molecule has 0 radical (unpaired) electrons. The summed E-state index contributed by atoms with van der Waals surface area (Å²) in [5.74, 6) is -0.348. The van der Waals surface area contributed by atoms with Gasteiger partial charge in [-0.3, -0.25) is 4.79 Å². The second kappa shape index (κ2) is 12.4. The SMILES string of the molecule is CNC1=C(C(=O)NCCOCCO)N(Cc2ccc(C)cc2)C(Oc2cccc(OC(F)(F)F)c2)N1. The molecule has 0 fully saturated rings. The fraction of sp³-hybridized carbons (Fsp3) is 0.375. The number of aliphatic hydroxyl groups is 1. The van der Waals surface area contributed by atoms with E-state index in [0.29, 0.717) is 5.82 Å². The highest BCUT2D eigenvalue weighted by atomic mass is 19.4. The molecular formula is C24H29F3N4O5. The molecule has 1 amide bonds. The van der Waals surface area contributed by atoms with Crippen molar-refractivity contribution in [1.82, 2.24) is 20.9 Å². The lowest BCUT2D eigenvalue weighted by Crippen LogP contribution is -2.44. The summed E-state index contributed by atoms with van der Waals surface area (Å²) >= 11 is 0. The van der Waals surface area contributed by atoms with Gasteiger partial charge in [-0.2, -0.15) is 0 Å². The summed E-state index contributed by atoms with van der Waals surface area (Å²) < 4.78 is 53.1. The fourth-order valence-corrected chi connectivity index (χ4v) is 3.47. The van der Waals surface area contributed by atoms with Gasteiger partial charge in [0.2, 0.25) is 0 Å². The van der Waals surface area contributed by atoms with Crippen molar-refractivity contribution in [2.75, 3.05) is 33.4 Å². The second-order valence-corrected chi connectivity index (χ2v) is 7.82. The zero-order valence-corrected chi connectivity index (χ0v) is 19.9. The highest BCUT2D eigenvalue weighted by Crippen LogP contribution is 2.29. The molecular weight excluding hydrogens is 481 g/mol. The van der Waals surface area contributed by atoms with Gasteiger partial charge >= 0.3 is 6.36 Å². The Morgan fingerprint density at radius 2 is 1.86 bits per heavy atom. The van der Waals surface area contributed by atoms with Gasteiger partial charge in [0.25, 0.3) is 12.3 Å². The lowest BCUT2D eigenvalue weighted by Gasteiger charge is -2.28. The first kappa shape index (κ1) is 27.0. The molecule has 36 heavy (non-hydrogen) atoms. The van der Waals surface area contributed by atoms with E-state index < -0.39 is 24.4 Å². The number of halogens is 3. The van der Waals surface area contributed by atoms with Crippen molar-refractivity contribution in [3.63, 3.8) is 0 Å². The monoisotopic (exact) mass is 510 g/mol. The van der Waals surface area contributed by atoms with Gasteiger partial charge in [0.1, 0.15) is 23.0 Å². The van der Waals surface area contributed by atoms with Crippen LogP contribution in [0.4, 0.5) is 13.2 Å². The molecule has 12 heteroatoms. The van der Waals surface area contributed by atoms with Crippen molar-refractivity contribution in [1.29, 1.82) is 0 Å². The first-order valence-electron chi connectivity index (χ1n) is 11.2. The summed E-state index contributed by atoms with van der Waals surface area (Å²) in [7, 11) is 1.63. The van der Waals surface area contributed by atoms with Crippen LogP contribution in [0.3, 0.4) is 0 Å². The van der Waals surface area contributed by atoms with Gasteiger partial charge < -0.3 is 40.2 Å². The van der Waals surface area contributed by atoms with Crippen molar-refractivity contribution < 1.29 is 37.3 Å². The van der Waals surface area contributed by atoms with Crippen LogP contribution in [0.15, 0.2) is 60.0 Å². The topological polar surface area (TPSA) is 104 Å². The maximum absolute atomic E-state index is 13.1. The van der Waals surface area contributed by atoms with E-state index in [1.807, 2.05) is 31.2 Å². The molecule has 1 aliphatic heterocycles. The van der Waals surface area contributed by atoms with Crippen molar-refractivity contribution in [3.8, 4) is 11.5 Å². The van der Waals surface area contributed by atoms with E-state index in [4.69, 9.17) is 14.6 Å². The Labute approximate surface area is 206 Å². The van der Waals surface area contributed by atoms with Crippen LogP contribution in [0.25, 0.3) is 0 Å². The van der Waals surface area contributed by atoms with Crippen LogP contribution in [-0.4, -0.2) is 62.0 Å². The zero-order valence-electron chi connectivity index (χ0n) is 19.9. The maximum Gasteiger partial charge on any atom is 0.573 e. The molecule has 0 aliphatic carbocycles. The van der Waals surface area contributed by atoms with Gasteiger partial charge in [0.15, 0.2) is 0 Å². The number of carbonyl (C=O) groups excluding carboxylic acids is 1. The lowest BCUT2D eigenvalue weighted by molar-refractivity contribution is -0.274. The standard InChI is InChI=1S/C24H29F3N4O5/c1-16-6-8-17(9-7-16)15-31-20(22(33)29-10-12-34-13-11-32)21(28-2)30-23(31)35-18-4-3-5-19(14-18)36-24(25,26)27/h3-9,14,23,28,30,32H,10-13,15H2,1-2H3,(H,29,33). The number of alkyl halides is 3. The number of carbonyl (C=O) groups is 1. The third-order valence-corrected chi connectivity index (χ3v) is 5.07. The molecule has 1 heterocycles. The predicted octanol–water partition coefficient (Wildman–Crippen LogP) is 2.18. The van der Waals surface area contributed by atoms with Crippen molar-refractivity contribution >= 4 is 5.91 Å². The van der Waals surface area contributed by atoms with E-state index in [9.17, 15) is 18.0 Å². The Kier molecular flexibility index (Phi) is 9.25. The van der Waals surface area contributed by atoms with E-state index >= 15 is 0 Å². The number of hydrogen-bond acceptors (Lipinski definition) is 8. The average Bonchev–Trinajstić information content (AvgIpc) is 3.16. The number of aliphatic hydroxyl groups excluding tert-OH is 1. The highest BCUT2D eigenvalue weighted by Gasteiger charge is 2.37. The van der Waals surface area contributed by atoms with E-state index in [0.717, 1.165) is 17.2 Å². The third-order valence-electron chi connectivity index (χ3n) is 5.07. The quantitative estimate of drug-likeness (QED) is 0.322. The molecule has 0 aromatic heterocycles. The molecule has 0 saturated carbocycles. The molecule has 1 aliphatic rings. The molecule has 9 nitrogen and oxygen atoms in total. The number of benzene rings is 2. The zero-order chi connectivity index (χ0) is 26.1.